The van der Waals surface area contributed by atoms with Crippen molar-refractivity contribution < 1.29 is 0 Å². The van der Waals surface area contributed by atoms with Gasteiger partial charge in [-0.3, -0.25) is 4.68 Å². The van der Waals surface area contributed by atoms with Gasteiger partial charge in [-0.25, -0.2) is 0 Å². The van der Waals surface area contributed by atoms with Crippen LogP contribution < -0.4 is 5.73 Å². The van der Waals surface area contributed by atoms with E-state index in [9.17, 15) is 0 Å². The van der Waals surface area contributed by atoms with Crippen molar-refractivity contribution in [2.45, 2.75) is 34.2 Å². The number of nitrogens with zero attached hydrogens (tertiary/aromatic N) is 2. The largest absolute Gasteiger partial charge is 0.396 e. The van der Waals surface area contributed by atoms with Crippen LogP contribution >= 0.6 is 0 Å². The lowest BCUT2D eigenvalue weighted by Gasteiger charge is -2.26. The van der Waals surface area contributed by atoms with E-state index < -0.39 is 0 Å². The fraction of sp³-hybridized carbons (Fsp3) is 0.700. The molecule has 0 bridgehead atoms. The second kappa shape index (κ2) is 3.40. The Morgan fingerprint density at radius 1 is 1.54 bits per heavy atom. The maximum absolute atomic E-state index is 5.58. The lowest BCUT2D eigenvalue weighted by atomic mass is 9.82. The minimum Gasteiger partial charge on any atom is -0.396 e. The summed E-state index contributed by atoms with van der Waals surface area (Å²) in [6.07, 6.45) is 3.57. The molecule has 1 aromatic rings. The number of anilines is 1. The Balaban J connectivity index is 2.60. The van der Waals surface area contributed by atoms with Gasteiger partial charge in [0, 0.05) is 12.7 Å². The lowest BCUT2D eigenvalue weighted by Crippen LogP contribution is -2.22. The van der Waals surface area contributed by atoms with Crippen LogP contribution in [0.5, 0.6) is 0 Å². The highest BCUT2D eigenvalue weighted by molar-refractivity contribution is 5.30. The number of aromatic nitrogens is 2. The standard InChI is InChI=1S/C10H19N3/c1-8(10(2,3)4)6-13-7-9(11)5-12-13/h5,7-8H,6,11H2,1-4H3. The Morgan fingerprint density at radius 3 is 2.54 bits per heavy atom. The monoisotopic (exact) mass is 181 g/mol. The summed E-state index contributed by atoms with van der Waals surface area (Å²) in [4.78, 5) is 0. The van der Waals surface area contributed by atoms with Crippen LogP contribution in [0.4, 0.5) is 5.69 Å². The quantitative estimate of drug-likeness (QED) is 0.759. The minimum atomic E-state index is 0.320. The van der Waals surface area contributed by atoms with Gasteiger partial charge in [0.2, 0.25) is 0 Å². The van der Waals surface area contributed by atoms with Crippen molar-refractivity contribution >= 4 is 5.69 Å². The van der Waals surface area contributed by atoms with Crippen molar-refractivity contribution in [2.24, 2.45) is 11.3 Å². The van der Waals surface area contributed by atoms with Crippen LogP contribution in [0, 0.1) is 11.3 Å². The molecule has 0 spiro atoms. The van der Waals surface area contributed by atoms with Gasteiger partial charge >= 0.3 is 0 Å². The molecule has 74 valence electrons. The average molecular weight is 181 g/mol. The van der Waals surface area contributed by atoms with E-state index in [2.05, 4.69) is 32.8 Å². The second-order valence-electron chi connectivity index (χ2n) is 4.76. The molecule has 0 radical (unpaired) electrons. The molecule has 0 aliphatic carbocycles. The van der Waals surface area contributed by atoms with Crippen LogP contribution in [-0.4, -0.2) is 9.78 Å². The molecular formula is C10H19N3. The van der Waals surface area contributed by atoms with Crippen LogP contribution in [0.3, 0.4) is 0 Å². The van der Waals surface area contributed by atoms with E-state index in [1.807, 2.05) is 10.9 Å². The summed E-state index contributed by atoms with van der Waals surface area (Å²) in [5, 5.41) is 4.16. The van der Waals surface area contributed by atoms with Crippen molar-refractivity contribution in [1.82, 2.24) is 9.78 Å². The van der Waals surface area contributed by atoms with Gasteiger partial charge in [0.15, 0.2) is 0 Å². The van der Waals surface area contributed by atoms with Crippen LogP contribution in [0.25, 0.3) is 0 Å². The number of rotatable bonds is 2. The summed E-state index contributed by atoms with van der Waals surface area (Å²) < 4.78 is 1.91. The van der Waals surface area contributed by atoms with Gasteiger partial charge in [0.25, 0.3) is 0 Å². The van der Waals surface area contributed by atoms with Crippen LogP contribution in [-0.2, 0) is 6.54 Å². The van der Waals surface area contributed by atoms with E-state index in [0.717, 1.165) is 12.2 Å². The summed E-state index contributed by atoms with van der Waals surface area (Å²) in [7, 11) is 0. The first kappa shape index (κ1) is 10.1. The molecule has 3 heteroatoms. The van der Waals surface area contributed by atoms with Gasteiger partial charge in [-0.15, -0.1) is 0 Å². The van der Waals surface area contributed by atoms with Crippen LogP contribution in [0.2, 0.25) is 0 Å². The van der Waals surface area contributed by atoms with Crippen molar-refractivity contribution in [1.29, 1.82) is 0 Å². The first-order chi connectivity index (χ1) is 5.89. The fourth-order valence-electron chi connectivity index (χ4n) is 1.03. The van der Waals surface area contributed by atoms with Crippen molar-refractivity contribution in [3.63, 3.8) is 0 Å². The third kappa shape index (κ3) is 2.76. The number of nitrogens with two attached hydrogens (primary N) is 1. The van der Waals surface area contributed by atoms with E-state index in [1.165, 1.54) is 0 Å². The minimum absolute atomic E-state index is 0.320. The Hall–Kier alpha value is -0.990. The number of hydrogen-bond donors (Lipinski definition) is 1. The van der Waals surface area contributed by atoms with E-state index in [1.54, 1.807) is 6.20 Å². The number of hydrogen-bond acceptors (Lipinski definition) is 2. The Labute approximate surface area is 79.9 Å². The van der Waals surface area contributed by atoms with Crippen molar-refractivity contribution in [2.75, 3.05) is 5.73 Å². The highest BCUT2D eigenvalue weighted by Crippen LogP contribution is 2.26. The van der Waals surface area contributed by atoms with Crippen molar-refractivity contribution in [3.05, 3.63) is 12.4 Å². The van der Waals surface area contributed by atoms with Gasteiger partial charge in [-0.2, -0.15) is 5.10 Å². The normalized spacial score (nSPS) is 14.5. The molecule has 3 nitrogen and oxygen atoms in total. The molecule has 0 fully saturated rings. The van der Waals surface area contributed by atoms with Crippen LogP contribution in [0.15, 0.2) is 12.4 Å². The molecule has 1 unspecified atom stereocenters. The lowest BCUT2D eigenvalue weighted by molar-refractivity contribution is 0.226. The van der Waals surface area contributed by atoms with Gasteiger partial charge in [0.1, 0.15) is 0 Å². The fourth-order valence-corrected chi connectivity index (χ4v) is 1.03. The van der Waals surface area contributed by atoms with Gasteiger partial charge in [0.05, 0.1) is 11.9 Å². The molecule has 0 aliphatic heterocycles. The second-order valence-corrected chi connectivity index (χ2v) is 4.76. The maximum Gasteiger partial charge on any atom is 0.0719 e. The summed E-state index contributed by atoms with van der Waals surface area (Å²) >= 11 is 0. The molecule has 1 rings (SSSR count). The maximum atomic E-state index is 5.58. The molecule has 1 atom stereocenters. The zero-order valence-electron chi connectivity index (χ0n) is 8.91. The SMILES string of the molecule is CC(Cn1cc(N)cn1)C(C)(C)C. The summed E-state index contributed by atoms with van der Waals surface area (Å²) in [6, 6.07) is 0. The molecule has 2 N–H and O–H groups in total. The molecule has 1 heterocycles. The van der Waals surface area contributed by atoms with Gasteiger partial charge < -0.3 is 5.73 Å². The smallest absolute Gasteiger partial charge is 0.0719 e. The molecule has 0 aliphatic rings. The van der Waals surface area contributed by atoms with E-state index in [0.29, 0.717) is 11.3 Å². The summed E-state index contributed by atoms with van der Waals surface area (Å²) in [6.45, 7) is 9.89. The first-order valence-corrected chi connectivity index (χ1v) is 4.67. The van der Waals surface area contributed by atoms with E-state index in [4.69, 9.17) is 5.73 Å². The zero-order valence-corrected chi connectivity index (χ0v) is 8.91. The van der Waals surface area contributed by atoms with Crippen molar-refractivity contribution in [3.8, 4) is 0 Å². The average Bonchev–Trinajstić information content (AvgIpc) is 2.33. The Kier molecular flexibility index (Phi) is 2.64. The highest BCUT2D eigenvalue weighted by Gasteiger charge is 2.20. The molecule has 13 heavy (non-hydrogen) atoms. The zero-order chi connectivity index (χ0) is 10.1. The third-order valence-corrected chi connectivity index (χ3v) is 2.59. The van der Waals surface area contributed by atoms with Crippen LogP contribution in [0.1, 0.15) is 27.7 Å². The predicted octanol–water partition coefficient (Wildman–Crippen LogP) is 2.15. The third-order valence-electron chi connectivity index (χ3n) is 2.59. The molecule has 0 saturated carbocycles. The topological polar surface area (TPSA) is 43.8 Å². The Bertz CT molecular complexity index is 270. The van der Waals surface area contributed by atoms with Gasteiger partial charge in [-0.05, 0) is 11.3 Å². The van der Waals surface area contributed by atoms with E-state index in [-0.39, 0.29) is 0 Å². The summed E-state index contributed by atoms with van der Waals surface area (Å²) in [5.74, 6) is 0.590. The molecule has 0 amide bonds. The molecule has 0 aromatic carbocycles. The number of nitrogen functional groups attached to an aromatic ring is 1. The molecular weight excluding hydrogens is 162 g/mol. The predicted molar refractivity (Wildman–Crippen MR) is 55.3 cm³/mol. The van der Waals surface area contributed by atoms with Gasteiger partial charge in [-0.1, -0.05) is 27.7 Å². The van der Waals surface area contributed by atoms with E-state index >= 15 is 0 Å². The molecule has 0 saturated heterocycles. The Morgan fingerprint density at radius 2 is 2.15 bits per heavy atom. The summed E-state index contributed by atoms with van der Waals surface area (Å²) in [5.41, 5.74) is 6.64. The molecule has 1 aromatic heterocycles. The first-order valence-electron chi connectivity index (χ1n) is 4.67. The highest BCUT2D eigenvalue weighted by atomic mass is 15.3.